The van der Waals surface area contributed by atoms with Gasteiger partial charge in [0, 0.05) is 5.92 Å². The van der Waals surface area contributed by atoms with Crippen LogP contribution in [0.3, 0.4) is 0 Å². The van der Waals surface area contributed by atoms with Gasteiger partial charge < -0.3 is 0 Å². The molecule has 2 unspecified atom stereocenters. The zero-order valence-electron chi connectivity index (χ0n) is 13.8. The van der Waals surface area contributed by atoms with Gasteiger partial charge in [0.25, 0.3) is 0 Å². The average molecular weight is 473 g/mol. The molecule has 168 valence electrons. The lowest BCUT2D eigenvalue weighted by molar-refractivity contribution is -0.442. The molecule has 1 rings (SSSR count). The lowest BCUT2D eigenvalue weighted by Gasteiger charge is -2.42. The van der Waals surface area contributed by atoms with Crippen LogP contribution < -0.4 is 0 Å². The van der Waals surface area contributed by atoms with Gasteiger partial charge in [-0.25, -0.2) is 0 Å². The van der Waals surface area contributed by atoms with Crippen LogP contribution in [0, 0.1) is 5.92 Å². The van der Waals surface area contributed by atoms with E-state index in [9.17, 15) is 57.1 Å². The summed E-state index contributed by atoms with van der Waals surface area (Å²) in [6, 6.07) is 5.61. The molecule has 0 aromatic heterocycles. The average Bonchev–Trinajstić information content (AvgIpc) is 2.59. The minimum Gasteiger partial charge on any atom is -0.199 e. The van der Waals surface area contributed by atoms with Gasteiger partial charge >= 0.3 is 35.8 Å². The van der Waals surface area contributed by atoms with Crippen molar-refractivity contribution in [3.63, 3.8) is 0 Å². The first-order valence-corrected chi connectivity index (χ1v) is 7.76. The van der Waals surface area contributed by atoms with E-state index in [0.717, 1.165) is 12.1 Å². The van der Waals surface area contributed by atoms with Crippen molar-refractivity contribution >= 4 is 11.6 Å². The van der Waals surface area contributed by atoms with Crippen molar-refractivity contribution < 1.29 is 57.1 Å². The standard InChI is InChI=1S/C15H10ClF13/c1-7(9(16)8-5-3-2-4-6-8)10(17,18)11(19,20)12(21,22)13(23,24)14(25,26)15(27,28)29/h2-7,9H,1H3. The summed E-state index contributed by atoms with van der Waals surface area (Å²) in [7, 11) is 0. The van der Waals surface area contributed by atoms with Crippen LogP contribution in [0.4, 0.5) is 57.1 Å². The molecule has 0 aliphatic rings. The molecule has 1 aromatic rings. The second kappa shape index (κ2) is 7.38. The molecule has 2 atom stereocenters. The summed E-state index contributed by atoms with van der Waals surface area (Å²) in [6.45, 7) is 0.120. The van der Waals surface area contributed by atoms with Crippen LogP contribution in [0.2, 0.25) is 0 Å². The monoisotopic (exact) mass is 472 g/mol. The third-order valence-corrected chi connectivity index (χ3v) is 4.72. The molecule has 0 aliphatic carbocycles. The van der Waals surface area contributed by atoms with Gasteiger partial charge in [0.2, 0.25) is 0 Å². The molecule has 0 aliphatic heterocycles. The Hall–Kier alpha value is -1.40. The highest BCUT2D eigenvalue weighted by Crippen LogP contribution is 2.62. The highest BCUT2D eigenvalue weighted by Gasteiger charge is 2.91. The number of rotatable bonds is 7. The van der Waals surface area contributed by atoms with E-state index in [4.69, 9.17) is 11.6 Å². The maximum absolute atomic E-state index is 14.1. The van der Waals surface area contributed by atoms with Crippen LogP contribution in [-0.2, 0) is 0 Å². The fourth-order valence-electron chi connectivity index (χ4n) is 2.18. The zero-order valence-corrected chi connectivity index (χ0v) is 14.6. The third kappa shape index (κ3) is 3.74. The Labute approximate surface area is 159 Å². The molecule has 0 N–H and O–H groups in total. The first-order chi connectivity index (χ1) is 12.7. The van der Waals surface area contributed by atoms with Crippen molar-refractivity contribution in [2.45, 2.75) is 48.1 Å². The van der Waals surface area contributed by atoms with Crippen LogP contribution in [0.15, 0.2) is 30.3 Å². The second-order valence-electron chi connectivity index (χ2n) is 6.02. The predicted molar refractivity (Wildman–Crippen MR) is 75.0 cm³/mol. The van der Waals surface area contributed by atoms with Crippen LogP contribution in [0.25, 0.3) is 0 Å². The van der Waals surface area contributed by atoms with E-state index in [1.54, 1.807) is 0 Å². The van der Waals surface area contributed by atoms with Gasteiger partial charge in [-0.15, -0.1) is 11.6 Å². The minimum atomic E-state index is -7.92. The third-order valence-electron chi connectivity index (χ3n) is 4.09. The Bertz CT molecular complexity index is 696. The second-order valence-corrected chi connectivity index (χ2v) is 6.49. The van der Waals surface area contributed by atoms with Crippen molar-refractivity contribution in [1.29, 1.82) is 0 Å². The van der Waals surface area contributed by atoms with Gasteiger partial charge in [-0.1, -0.05) is 37.3 Å². The van der Waals surface area contributed by atoms with Crippen LogP contribution >= 0.6 is 11.6 Å². The van der Waals surface area contributed by atoms with Crippen LogP contribution in [0.5, 0.6) is 0 Å². The molecule has 14 heteroatoms. The Morgan fingerprint density at radius 2 is 1.00 bits per heavy atom. The first kappa shape index (κ1) is 25.6. The maximum atomic E-state index is 14.1. The number of alkyl halides is 14. The van der Waals surface area contributed by atoms with E-state index < -0.39 is 47.1 Å². The molecule has 29 heavy (non-hydrogen) atoms. The van der Waals surface area contributed by atoms with Gasteiger partial charge in [-0.3, -0.25) is 0 Å². The number of halogens is 14. The van der Waals surface area contributed by atoms with E-state index in [2.05, 4.69) is 0 Å². The van der Waals surface area contributed by atoms with Crippen LogP contribution in [-0.4, -0.2) is 35.8 Å². The summed E-state index contributed by atoms with van der Waals surface area (Å²) in [4.78, 5) is 0. The van der Waals surface area contributed by atoms with E-state index in [1.807, 2.05) is 0 Å². The fourth-order valence-corrected chi connectivity index (χ4v) is 2.48. The van der Waals surface area contributed by atoms with E-state index in [0.29, 0.717) is 0 Å². The van der Waals surface area contributed by atoms with Crippen LogP contribution in [0.1, 0.15) is 17.9 Å². The Kier molecular flexibility index (Phi) is 6.52. The number of hydrogen-bond acceptors (Lipinski definition) is 0. The smallest absolute Gasteiger partial charge is 0.199 e. The highest BCUT2D eigenvalue weighted by atomic mass is 35.5. The minimum absolute atomic E-state index is 0.120. The largest absolute Gasteiger partial charge is 0.460 e. The van der Waals surface area contributed by atoms with Crippen molar-refractivity contribution in [1.82, 2.24) is 0 Å². The summed E-state index contributed by atoms with van der Waals surface area (Å²) in [5.74, 6) is -40.2. The molecular formula is C15H10ClF13. The van der Waals surface area contributed by atoms with Gasteiger partial charge in [-0.2, -0.15) is 57.1 Å². The summed E-state index contributed by atoms with van der Waals surface area (Å²) in [6.07, 6.45) is -7.43. The maximum Gasteiger partial charge on any atom is 0.460 e. The van der Waals surface area contributed by atoms with Gasteiger partial charge in [0.15, 0.2) is 0 Å². The Morgan fingerprint density at radius 1 is 0.621 bits per heavy atom. The molecule has 1 aromatic carbocycles. The summed E-state index contributed by atoms with van der Waals surface area (Å²) >= 11 is 5.50. The predicted octanol–water partition coefficient (Wildman–Crippen LogP) is 7.34. The quantitative estimate of drug-likeness (QED) is 0.288. The molecular weight excluding hydrogens is 463 g/mol. The normalized spacial score (nSPS) is 17.2. The summed E-state index contributed by atoms with van der Waals surface area (Å²) < 4.78 is 171. The molecule has 0 fully saturated rings. The van der Waals surface area contributed by atoms with Crippen molar-refractivity contribution in [3.8, 4) is 0 Å². The van der Waals surface area contributed by atoms with Gasteiger partial charge in [0.05, 0.1) is 5.38 Å². The molecule has 0 radical (unpaired) electrons. The highest BCUT2D eigenvalue weighted by molar-refractivity contribution is 6.21. The van der Waals surface area contributed by atoms with E-state index >= 15 is 0 Å². The van der Waals surface area contributed by atoms with Gasteiger partial charge in [-0.05, 0) is 5.56 Å². The van der Waals surface area contributed by atoms with E-state index in [-0.39, 0.29) is 12.5 Å². The molecule has 0 nitrogen and oxygen atoms in total. The molecule has 0 amide bonds. The van der Waals surface area contributed by atoms with E-state index in [1.165, 1.54) is 18.2 Å². The lowest BCUT2D eigenvalue weighted by Crippen LogP contribution is -2.71. The molecule has 0 saturated carbocycles. The van der Waals surface area contributed by atoms with Gasteiger partial charge in [0.1, 0.15) is 0 Å². The summed E-state index contributed by atoms with van der Waals surface area (Å²) in [5, 5.41) is -2.22. The molecule has 0 saturated heterocycles. The first-order valence-electron chi connectivity index (χ1n) is 7.32. The fraction of sp³-hybridized carbons (Fsp3) is 0.600. The Morgan fingerprint density at radius 3 is 1.38 bits per heavy atom. The lowest BCUT2D eigenvalue weighted by atomic mass is 9.85. The number of benzene rings is 1. The van der Waals surface area contributed by atoms with Crippen molar-refractivity contribution in [2.75, 3.05) is 0 Å². The topological polar surface area (TPSA) is 0 Å². The Balaban J connectivity index is 3.46. The van der Waals surface area contributed by atoms with Crippen molar-refractivity contribution in [2.24, 2.45) is 5.92 Å². The summed E-state index contributed by atoms with van der Waals surface area (Å²) in [5.41, 5.74) is -0.354. The molecule has 0 bridgehead atoms. The SMILES string of the molecule is CC(C(Cl)c1ccccc1)C(F)(F)C(F)(F)C(F)(F)C(F)(F)C(F)(F)C(F)(F)F. The molecule has 0 spiro atoms. The zero-order chi connectivity index (χ0) is 23.3. The molecule has 0 heterocycles. The van der Waals surface area contributed by atoms with Crippen molar-refractivity contribution in [3.05, 3.63) is 35.9 Å². The number of hydrogen-bond donors (Lipinski definition) is 0.